The summed E-state index contributed by atoms with van der Waals surface area (Å²) >= 11 is 0. The Balaban J connectivity index is 1.56. The van der Waals surface area contributed by atoms with E-state index in [9.17, 15) is 13.2 Å². The molecule has 3 aromatic heterocycles. The van der Waals surface area contributed by atoms with Gasteiger partial charge in [-0.05, 0) is 29.8 Å². The molecule has 4 heterocycles. The van der Waals surface area contributed by atoms with E-state index in [1.165, 1.54) is 6.07 Å². The van der Waals surface area contributed by atoms with Crippen molar-refractivity contribution in [1.82, 2.24) is 25.5 Å². The van der Waals surface area contributed by atoms with Crippen LogP contribution in [0, 0.1) is 0 Å². The van der Waals surface area contributed by atoms with Crippen molar-refractivity contribution in [2.45, 2.75) is 12.2 Å². The smallest absolute Gasteiger partial charge is 0.353 e. The number of hydrogen-bond acceptors (Lipinski definition) is 5. The van der Waals surface area contributed by atoms with Gasteiger partial charge in [-0.1, -0.05) is 30.3 Å². The SMILES string of the molecule is FC(F)(F)c1ccc(N2CCN[C@@H](c3ccccc3)C2)nc1-c1n[nH]c2ncccc12. The highest BCUT2D eigenvalue weighted by Gasteiger charge is 2.36. The first-order valence-electron chi connectivity index (χ1n) is 9.92. The second kappa shape index (κ2) is 7.66. The molecule has 1 saturated heterocycles. The van der Waals surface area contributed by atoms with Crippen LogP contribution in [-0.4, -0.2) is 39.8 Å². The monoisotopic (exact) mass is 424 g/mol. The van der Waals surface area contributed by atoms with Crippen molar-refractivity contribution in [2.75, 3.05) is 24.5 Å². The number of H-pyrrole nitrogens is 1. The van der Waals surface area contributed by atoms with E-state index >= 15 is 0 Å². The fourth-order valence-corrected chi connectivity index (χ4v) is 3.94. The van der Waals surface area contributed by atoms with E-state index in [0.29, 0.717) is 36.5 Å². The first-order chi connectivity index (χ1) is 15.0. The lowest BCUT2D eigenvalue weighted by Crippen LogP contribution is -2.46. The molecule has 9 heteroatoms. The third-order valence-electron chi connectivity index (χ3n) is 5.45. The number of fused-ring (bicyclic) bond motifs is 1. The second-order valence-corrected chi connectivity index (χ2v) is 7.40. The van der Waals surface area contributed by atoms with Gasteiger partial charge in [0.1, 0.15) is 17.2 Å². The van der Waals surface area contributed by atoms with Crippen LogP contribution in [0.15, 0.2) is 60.8 Å². The zero-order valence-electron chi connectivity index (χ0n) is 16.4. The maximum absolute atomic E-state index is 13.8. The molecule has 5 rings (SSSR count). The van der Waals surface area contributed by atoms with Gasteiger partial charge < -0.3 is 10.2 Å². The molecule has 1 atom stereocenters. The molecule has 1 fully saturated rings. The number of aromatic nitrogens is 4. The normalized spacial score (nSPS) is 17.3. The van der Waals surface area contributed by atoms with Crippen molar-refractivity contribution >= 4 is 16.9 Å². The number of nitrogens with zero attached hydrogens (tertiary/aromatic N) is 4. The van der Waals surface area contributed by atoms with Gasteiger partial charge in [0.25, 0.3) is 0 Å². The fourth-order valence-electron chi connectivity index (χ4n) is 3.94. The molecular weight excluding hydrogens is 405 g/mol. The third kappa shape index (κ3) is 3.72. The van der Waals surface area contributed by atoms with Crippen LogP contribution in [0.1, 0.15) is 17.2 Å². The maximum Gasteiger partial charge on any atom is 0.418 e. The number of benzene rings is 1. The zero-order chi connectivity index (χ0) is 21.4. The van der Waals surface area contributed by atoms with Crippen molar-refractivity contribution in [2.24, 2.45) is 0 Å². The fraction of sp³-hybridized carbons (Fsp3) is 0.227. The summed E-state index contributed by atoms with van der Waals surface area (Å²) in [5, 5.41) is 10.8. The summed E-state index contributed by atoms with van der Waals surface area (Å²) < 4.78 is 41.3. The van der Waals surface area contributed by atoms with E-state index < -0.39 is 11.7 Å². The van der Waals surface area contributed by atoms with Gasteiger partial charge in [0.15, 0.2) is 5.65 Å². The lowest BCUT2D eigenvalue weighted by Gasteiger charge is -2.35. The molecule has 0 aliphatic carbocycles. The van der Waals surface area contributed by atoms with E-state index in [-0.39, 0.29) is 17.4 Å². The summed E-state index contributed by atoms with van der Waals surface area (Å²) in [6.07, 6.45) is -2.99. The average Bonchev–Trinajstić information content (AvgIpc) is 3.23. The molecule has 158 valence electrons. The first-order valence-corrected chi connectivity index (χ1v) is 9.92. The minimum absolute atomic E-state index is 0.0675. The zero-order valence-corrected chi connectivity index (χ0v) is 16.4. The van der Waals surface area contributed by atoms with Gasteiger partial charge in [0, 0.05) is 37.3 Å². The maximum atomic E-state index is 13.8. The highest BCUT2D eigenvalue weighted by atomic mass is 19.4. The standard InChI is InChI=1S/C22H19F3N6/c23-22(24,25)16-8-9-18(28-20(16)19-15-7-4-10-27-21(15)30-29-19)31-12-11-26-17(13-31)14-5-2-1-3-6-14/h1-10,17,26H,11-13H2,(H,27,29,30)/t17-/m1/s1. The molecule has 0 amide bonds. The lowest BCUT2D eigenvalue weighted by atomic mass is 10.0. The Morgan fingerprint density at radius 3 is 2.61 bits per heavy atom. The molecule has 4 aromatic rings. The Kier molecular flexibility index (Phi) is 4.82. The van der Waals surface area contributed by atoms with E-state index in [4.69, 9.17) is 0 Å². The minimum Gasteiger partial charge on any atom is -0.353 e. The van der Waals surface area contributed by atoms with Crippen LogP contribution >= 0.6 is 0 Å². The molecule has 0 unspecified atom stereocenters. The predicted octanol–water partition coefficient (Wildman–Crippen LogP) is 4.19. The van der Waals surface area contributed by atoms with Crippen LogP contribution in [0.4, 0.5) is 19.0 Å². The topological polar surface area (TPSA) is 69.7 Å². The van der Waals surface area contributed by atoms with E-state index in [2.05, 4.69) is 25.5 Å². The van der Waals surface area contributed by atoms with Crippen LogP contribution in [0.2, 0.25) is 0 Å². The molecule has 31 heavy (non-hydrogen) atoms. The summed E-state index contributed by atoms with van der Waals surface area (Å²) in [6, 6.07) is 15.9. The van der Waals surface area contributed by atoms with Gasteiger partial charge in [-0.3, -0.25) is 5.10 Å². The van der Waals surface area contributed by atoms with Gasteiger partial charge in [-0.15, -0.1) is 0 Å². The molecule has 2 N–H and O–H groups in total. The van der Waals surface area contributed by atoms with Gasteiger partial charge in [-0.25, -0.2) is 9.97 Å². The predicted molar refractivity (Wildman–Crippen MR) is 112 cm³/mol. The largest absolute Gasteiger partial charge is 0.418 e. The lowest BCUT2D eigenvalue weighted by molar-refractivity contribution is -0.137. The van der Waals surface area contributed by atoms with Crippen molar-refractivity contribution in [3.8, 4) is 11.4 Å². The Morgan fingerprint density at radius 1 is 0.968 bits per heavy atom. The molecule has 6 nitrogen and oxygen atoms in total. The van der Waals surface area contributed by atoms with Crippen LogP contribution in [0.25, 0.3) is 22.4 Å². The number of pyridine rings is 2. The van der Waals surface area contributed by atoms with E-state index in [1.807, 2.05) is 35.2 Å². The number of aromatic amines is 1. The number of nitrogens with one attached hydrogen (secondary N) is 2. The summed E-state index contributed by atoms with van der Waals surface area (Å²) in [5.41, 5.74) is 0.683. The molecular formula is C22H19F3N6. The molecule has 1 aliphatic rings. The minimum atomic E-state index is -4.55. The van der Waals surface area contributed by atoms with Crippen LogP contribution in [-0.2, 0) is 6.18 Å². The van der Waals surface area contributed by atoms with Crippen molar-refractivity contribution in [3.63, 3.8) is 0 Å². The van der Waals surface area contributed by atoms with Gasteiger partial charge in [0.2, 0.25) is 0 Å². The van der Waals surface area contributed by atoms with E-state index in [0.717, 1.165) is 11.6 Å². The number of alkyl halides is 3. The first kappa shape index (κ1) is 19.5. The highest BCUT2D eigenvalue weighted by Crippen LogP contribution is 2.38. The van der Waals surface area contributed by atoms with Gasteiger partial charge in [0.05, 0.1) is 5.56 Å². The Morgan fingerprint density at radius 2 is 1.81 bits per heavy atom. The molecule has 1 aromatic carbocycles. The third-order valence-corrected chi connectivity index (χ3v) is 5.45. The summed E-state index contributed by atoms with van der Waals surface area (Å²) in [6.45, 7) is 1.95. The molecule has 0 bridgehead atoms. The Labute approximate surface area is 176 Å². The van der Waals surface area contributed by atoms with Crippen molar-refractivity contribution in [3.05, 3.63) is 71.9 Å². The summed E-state index contributed by atoms with van der Waals surface area (Å²) in [4.78, 5) is 10.6. The van der Waals surface area contributed by atoms with Crippen LogP contribution < -0.4 is 10.2 Å². The van der Waals surface area contributed by atoms with Gasteiger partial charge >= 0.3 is 6.18 Å². The number of hydrogen-bond donors (Lipinski definition) is 2. The number of rotatable bonds is 3. The molecule has 0 radical (unpaired) electrons. The Bertz CT molecular complexity index is 1200. The highest BCUT2D eigenvalue weighted by molar-refractivity contribution is 5.90. The molecule has 0 spiro atoms. The van der Waals surface area contributed by atoms with Gasteiger partial charge in [-0.2, -0.15) is 18.3 Å². The van der Waals surface area contributed by atoms with E-state index in [1.54, 1.807) is 18.3 Å². The van der Waals surface area contributed by atoms with Crippen molar-refractivity contribution < 1.29 is 13.2 Å². The van der Waals surface area contributed by atoms with Crippen LogP contribution in [0.5, 0.6) is 0 Å². The number of piperazine rings is 1. The van der Waals surface area contributed by atoms with Crippen LogP contribution in [0.3, 0.4) is 0 Å². The molecule has 1 aliphatic heterocycles. The summed E-state index contributed by atoms with van der Waals surface area (Å²) in [5.74, 6) is 0.491. The summed E-state index contributed by atoms with van der Waals surface area (Å²) in [7, 11) is 0. The number of anilines is 1. The second-order valence-electron chi connectivity index (χ2n) is 7.40. The number of halogens is 3. The van der Waals surface area contributed by atoms with Crippen molar-refractivity contribution in [1.29, 1.82) is 0 Å². The Hall–Kier alpha value is -3.46. The average molecular weight is 424 g/mol. The molecule has 0 saturated carbocycles. The quantitative estimate of drug-likeness (QED) is 0.516.